The minimum absolute atomic E-state index is 0.688. The normalized spacial score (nSPS) is 35.3. The lowest BCUT2D eigenvalue weighted by atomic mass is 9.93. The molecule has 2 aliphatic rings. The average molecular weight is 207 g/mol. The number of allylic oxidation sites excluding steroid dienone is 2. The summed E-state index contributed by atoms with van der Waals surface area (Å²) in [5, 5.41) is 3.71. The van der Waals surface area contributed by atoms with Crippen molar-refractivity contribution in [3.63, 3.8) is 0 Å². The largest absolute Gasteiger partial charge is 0.314 e. The highest BCUT2D eigenvalue weighted by molar-refractivity contribution is 5.10. The molecule has 1 heteroatoms. The van der Waals surface area contributed by atoms with Gasteiger partial charge >= 0.3 is 0 Å². The lowest BCUT2D eigenvalue weighted by Crippen LogP contribution is -2.33. The summed E-state index contributed by atoms with van der Waals surface area (Å²) in [6.07, 6.45) is 9.05. The Morgan fingerprint density at radius 1 is 1.20 bits per heavy atom. The van der Waals surface area contributed by atoms with E-state index in [1.807, 2.05) is 0 Å². The Morgan fingerprint density at radius 3 is 2.53 bits per heavy atom. The highest BCUT2D eigenvalue weighted by Gasteiger charge is 2.35. The van der Waals surface area contributed by atoms with Crippen molar-refractivity contribution < 1.29 is 0 Å². The quantitative estimate of drug-likeness (QED) is 0.683. The molecule has 4 atom stereocenters. The highest BCUT2D eigenvalue weighted by Crippen LogP contribution is 2.42. The Labute approximate surface area is 94.3 Å². The number of fused-ring (bicyclic) bond motifs is 2. The Balaban J connectivity index is 1.68. The number of rotatable bonds is 5. The van der Waals surface area contributed by atoms with Gasteiger partial charge in [-0.25, -0.2) is 0 Å². The zero-order valence-electron chi connectivity index (χ0n) is 10.4. The average Bonchev–Trinajstić information content (AvgIpc) is 2.74. The lowest BCUT2D eigenvalue weighted by Gasteiger charge is -2.22. The molecule has 86 valence electrons. The maximum atomic E-state index is 3.71. The summed E-state index contributed by atoms with van der Waals surface area (Å²) in [7, 11) is 0. The number of hydrogen-bond acceptors (Lipinski definition) is 1. The Kier molecular flexibility index (Phi) is 3.50. The van der Waals surface area contributed by atoms with Crippen molar-refractivity contribution >= 4 is 0 Å². The smallest absolute Gasteiger partial charge is 0.00412 e. The van der Waals surface area contributed by atoms with Crippen LogP contribution in [0.25, 0.3) is 0 Å². The van der Waals surface area contributed by atoms with E-state index in [2.05, 4.69) is 38.2 Å². The van der Waals surface area contributed by atoms with E-state index in [1.54, 1.807) is 0 Å². The first-order valence-electron chi connectivity index (χ1n) is 6.57. The molecule has 0 saturated heterocycles. The standard InChI is InChI=1S/C14H25N/c1-10(2)6-11(3)15-9-14-8-12-4-5-13(14)7-12/h4-5,10-15H,6-9H2,1-3H3. The Hall–Kier alpha value is -0.300. The molecule has 1 saturated carbocycles. The van der Waals surface area contributed by atoms with Crippen molar-refractivity contribution in [2.75, 3.05) is 6.54 Å². The SMILES string of the molecule is CC(C)CC(C)NCC1CC2C=CC1C2. The lowest BCUT2D eigenvalue weighted by molar-refractivity contribution is 0.364. The topological polar surface area (TPSA) is 12.0 Å². The molecule has 2 aliphatic carbocycles. The van der Waals surface area contributed by atoms with E-state index >= 15 is 0 Å². The maximum Gasteiger partial charge on any atom is 0.00412 e. The molecular formula is C14H25N. The van der Waals surface area contributed by atoms with Gasteiger partial charge in [-0.15, -0.1) is 0 Å². The fraction of sp³-hybridized carbons (Fsp3) is 0.857. The molecule has 0 heterocycles. The van der Waals surface area contributed by atoms with Crippen LogP contribution in [0.1, 0.15) is 40.0 Å². The van der Waals surface area contributed by atoms with Crippen molar-refractivity contribution in [3.05, 3.63) is 12.2 Å². The van der Waals surface area contributed by atoms with Gasteiger partial charge in [0.2, 0.25) is 0 Å². The summed E-state index contributed by atoms with van der Waals surface area (Å²) in [5.74, 6) is 3.55. The van der Waals surface area contributed by atoms with Crippen LogP contribution in [0.15, 0.2) is 12.2 Å². The molecule has 0 aromatic rings. The van der Waals surface area contributed by atoms with Gasteiger partial charge in [-0.1, -0.05) is 26.0 Å². The van der Waals surface area contributed by atoms with Crippen molar-refractivity contribution in [2.24, 2.45) is 23.7 Å². The van der Waals surface area contributed by atoms with Crippen LogP contribution in [0.4, 0.5) is 0 Å². The van der Waals surface area contributed by atoms with Crippen molar-refractivity contribution in [3.8, 4) is 0 Å². The highest BCUT2D eigenvalue weighted by atomic mass is 14.9. The van der Waals surface area contributed by atoms with E-state index < -0.39 is 0 Å². The third-order valence-corrected chi connectivity index (χ3v) is 3.97. The van der Waals surface area contributed by atoms with Crippen LogP contribution in [0, 0.1) is 23.7 Å². The summed E-state index contributed by atoms with van der Waals surface area (Å²) < 4.78 is 0. The third kappa shape index (κ3) is 2.84. The van der Waals surface area contributed by atoms with Crippen molar-refractivity contribution in [2.45, 2.75) is 46.1 Å². The van der Waals surface area contributed by atoms with Crippen LogP contribution in [-0.2, 0) is 0 Å². The van der Waals surface area contributed by atoms with Gasteiger partial charge in [0.25, 0.3) is 0 Å². The molecule has 0 aliphatic heterocycles. The number of hydrogen-bond donors (Lipinski definition) is 1. The summed E-state index contributed by atoms with van der Waals surface area (Å²) in [5.41, 5.74) is 0. The second-order valence-corrected chi connectivity index (χ2v) is 5.98. The molecule has 0 aromatic carbocycles. The zero-order valence-corrected chi connectivity index (χ0v) is 10.4. The molecule has 1 nitrogen and oxygen atoms in total. The van der Waals surface area contributed by atoms with E-state index in [1.165, 1.54) is 25.8 Å². The van der Waals surface area contributed by atoms with Gasteiger partial charge in [-0.05, 0) is 56.4 Å². The minimum atomic E-state index is 0.688. The van der Waals surface area contributed by atoms with Crippen LogP contribution >= 0.6 is 0 Å². The summed E-state index contributed by atoms with van der Waals surface area (Å²) in [6, 6.07) is 0.688. The molecule has 2 bridgehead atoms. The first-order chi connectivity index (χ1) is 7.15. The molecule has 15 heavy (non-hydrogen) atoms. The van der Waals surface area contributed by atoms with Gasteiger partial charge in [0.15, 0.2) is 0 Å². The van der Waals surface area contributed by atoms with Gasteiger partial charge in [0.05, 0.1) is 0 Å². The number of nitrogens with one attached hydrogen (secondary N) is 1. The van der Waals surface area contributed by atoms with Gasteiger partial charge < -0.3 is 5.32 Å². The summed E-state index contributed by atoms with van der Waals surface area (Å²) >= 11 is 0. The fourth-order valence-electron chi connectivity index (χ4n) is 3.27. The molecule has 4 unspecified atom stereocenters. The molecule has 1 N–H and O–H groups in total. The van der Waals surface area contributed by atoms with Crippen LogP contribution in [-0.4, -0.2) is 12.6 Å². The predicted molar refractivity (Wildman–Crippen MR) is 65.8 cm³/mol. The van der Waals surface area contributed by atoms with Gasteiger partial charge in [0.1, 0.15) is 0 Å². The second kappa shape index (κ2) is 4.69. The summed E-state index contributed by atoms with van der Waals surface area (Å²) in [6.45, 7) is 8.17. The van der Waals surface area contributed by atoms with Gasteiger partial charge in [0, 0.05) is 6.04 Å². The molecule has 0 amide bonds. The Morgan fingerprint density at radius 2 is 2.00 bits per heavy atom. The maximum absolute atomic E-state index is 3.71. The second-order valence-electron chi connectivity index (χ2n) is 5.98. The first-order valence-corrected chi connectivity index (χ1v) is 6.57. The fourth-order valence-corrected chi connectivity index (χ4v) is 3.27. The van der Waals surface area contributed by atoms with Crippen molar-refractivity contribution in [1.29, 1.82) is 0 Å². The van der Waals surface area contributed by atoms with Crippen LogP contribution in [0.2, 0.25) is 0 Å². The monoisotopic (exact) mass is 207 g/mol. The molecule has 2 rings (SSSR count). The van der Waals surface area contributed by atoms with Crippen LogP contribution in [0.5, 0.6) is 0 Å². The van der Waals surface area contributed by atoms with E-state index in [4.69, 9.17) is 0 Å². The van der Waals surface area contributed by atoms with Gasteiger partial charge in [-0.2, -0.15) is 0 Å². The predicted octanol–water partition coefficient (Wildman–Crippen LogP) is 3.22. The van der Waals surface area contributed by atoms with Crippen LogP contribution < -0.4 is 5.32 Å². The van der Waals surface area contributed by atoms with Crippen molar-refractivity contribution in [1.82, 2.24) is 5.32 Å². The van der Waals surface area contributed by atoms with E-state index in [0.29, 0.717) is 6.04 Å². The Bertz CT molecular complexity index is 231. The molecule has 1 fully saturated rings. The van der Waals surface area contributed by atoms with E-state index in [-0.39, 0.29) is 0 Å². The first kappa shape index (κ1) is 11.2. The summed E-state index contributed by atoms with van der Waals surface area (Å²) in [4.78, 5) is 0. The van der Waals surface area contributed by atoms with E-state index in [0.717, 1.165) is 23.7 Å². The van der Waals surface area contributed by atoms with E-state index in [9.17, 15) is 0 Å². The molecule has 0 radical (unpaired) electrons. The van der Waals surface area contributed by atoms with Gasteiger partial charge in [-0.3, -0.25) is 0 Å². The van der Waals surface area contributed by atoms with Crippen LogP contribution in [0.3, 0.4) is 0 Å². The molecule has 0 spiro atoms. The third-order valence-electron chi connectivity index (χ3n) is 3.97. The zero-order chi connectivity index (χ0) is 10.8. The molecule has 0 aromatic heterocycles. The minimum Gasteiger partial charge on any atom is -0.314 e. The molecular weight excluding hydrogens is 182 g/mol.